The summed E-state index contributed by atoms with van der Waals surface area (Å²) in [6.07, 6.45) is 1.82. The van der Waals surface area contributed by atoms with Crippen LogP contribution in [-0.2, 0) is 0 Å². The minimum atomic E-state index is -0.177. The van der Waals surface area contributed by atoms with Crippen molar-refractivity contribution in [3.05, 3.63) is 114 Å². The van der Waals surface area contributed by atoms with Crippen molar-refractivity contribution in [3.8, 4) is 17.2 Å². The zero-order chi connectivity index (χ0) is 27.1. The number of methoxy groups -OCH3 is 2. The summed E-state index contributed by atoms with van der Waals surface area (Å²) < 4.78 is 13.7. The van der Waals surface area contributed by atoms with Gasteiger partial charge in [0.1, 0.15) is 11.5 Å². The lowest BCUT2D eigenvalue weighted by Crippen LogP contribution is -2.30. The Morgan fingerprint density at radius 1 is 0.846 bits per heavy atom. The topological polar surface area (TPSA) is 51.6 Å². The quantitative estimate of drug-likeness (QED) is 0.241. The van der Waals surface area contributed by atoms with E-state index in [1.54, 1.807) is 14.2 Å². The normalized spacial score (nSPS) is 16.9. The van der Waals surface area contributed by atoms with E-state index in [1.165, 1.54) is 10.8 Å². The Bertz CT molecular complexity index is 1680. The first-order chi connectivity index (χ1) is 19.0. The van der Waals surface area contributed by atoms with E-state index in [9.17, 15) is 0 Å². The van der Waals surface area contributed by atoms with Gasteiger partial charge >= 0.3 is 0 Å². The molecule has 3 heterocycles. The van der Waals surface area contributed by atoms with Gasteiger partial charge < -0.3 is 24.3 Å². The van der Waals surface area contributed by atoms with E-state index in [0.717, 1.165) is 45.5 Å². The first-order valence-electron chi connectivity index (χ1n) is 12.9. The highest BCUT2D eigenvalue weighted by Crippen LogP contribution is 2.47. The number of ether oxygens (including phenoxy) is 2. The third-order valence-corrected chi connectivity index (χ3v) is 7.85. The van der Waals surface area contributed by atoms with Gasteiger partial charge in [-0.15, -0.1) is 0 Å². The predicted molar refractivity (Wildman–Crippen MR) is 160 cm³/mol. The monoisotopic (exact) mass is 534 g/mol. The summed E-state index contributed by atoms with van der Waals surface area (Å²) in [5.41, 5.74) is 6.37. The fourth-order valence-electron chi connectivity index (χ4n) is 5.78. The third kappa shape index (κ3) is 4.19. The third-order valence-electron chi connectivity index (χ3n) is 7.54. The Balaban J connectivity index is 1.57. The Labute approximate surface area is 233 Å². The van der Waals surface area contributed by atoms with Crippen molar-refractivity contribution in [2.45, 2.75) is 25.9 Å². The Morgan fingerprint density at radius 3 is 2.41 bits per heavy atom. The Hall–Kier alpha value is -4.36. The van der Waals surface area contributed by atoms with Crippen molar-refractivity contribution < 1.29 is 9.47 Å². The summed E-state index contributed by atoms with van der Waals surface area (Å²) in [6, 6.07) is 28.7. The lowest BCUT2D eigenvalue weighted by molar-refractivity contribution is 0.403. The lowest BCUT2D eigenvalue weighted by atomic mass is 9.96. The minimum absolute atomic E-state index is 0.170. The van der Waals surface area contributed by atoms with Crippen LogP contribution < -0.4 is 19.7 Å². The number of nitrogens with one attached hydrogen (secondary N) is 1. The van der Waals surface area contributed by atoms with Crippen LogP contribution in [0.15, 0.2) is 91.1 Å². The second-order valence-electron chi connectivity index (χ2n) is 9.69. The molecule has 5 aromatic rings. The van der Waals surface area contributed by atoms with E-state index in [2.05, 4.69) is 77.2 Å². The van der Waals surface area contributed by atoms with E-state index in [0.29, 0.717) is 5.11 Å². The largest absolute Gasteiger partial charge is 0.497 e. The first kappa shape index (κ1) is 24.9. The van der Waals surface area contributed by atoms with Gasteiger partial charge in [-0.1, -0.05) is 42.5 Å². The second-order valence-corrected chi connectivity index (χ2v) is 10.1. The number of hydrogen-bond donors (Lipinski definition) is 1. The zero-order valence-corrected chi connectivity index (χ0v) is 23.2. The molecule has 1 aliphatic rings. The van der Waals surface area contributed by atoms with Crippen LogP contribution in [0.3, 0.4) is 0 Å². The molecule has 0 bridgehead atoms. The standard InChI is InChI=1S/C32H30N4O2S/c1-20-18-25(21(2)35(20)27-14-9-11-22-10-5-6-12-24(22)27)31-30(26-13-7-8-17-33-26)34-32(39)36(31)28-19-23(37-3)15-16-29(28)38-4/h5-19,30-31H,1-4H3,(H,34,39)/t30-,31-/m1/s1. The van der Waals surface area contributed by atoms with Gasteiger partial charge in [-0.3, -0.25) is 4.98 Å². The summed E-state index contributed by atoms with van der Waals surface area (Å²) in [6.45, 7) is 4.34. The first-order valence-corrected chi connectivity index (χ1v) is 13.3. The number of anilines is 1. The van der Waals surface area contributed by atoms with Gasteiger partial charge in [-0.2, -0.15) is 0 Å². The van der Waals surface area contributed by atoms with Crippen LogP contribution in [0, 0.1) is 13.8 Å². The van der Waals surface area contributed by atoms with Crippen LogP contribution in [0.2, 0.25) is 0 Å². The molecule has 0 amide bonds. The summed E-state index contributed by atoms with van der Waals surface area (Å²) in [4.78, 5) is 6.87. The van der Waals surface area contributed by atoms with E-state index in [4.69, 9.17) is 26.7 Å². The summed E-state index contributed by atoms with van der Waals surface area (Å²) in [7, 11) is 3.34. The van der Waals surface area contributed by atoms with E-state index in [1.807, 2.05) is 42.6 Å². The van der Waals surface area contributed by atoms with Crippen LogP contribution in [-0.4, -0.2) is 28.9 Å². The molecule has 0 radical (unpaired) electrons. The highest BCUT2D eigenvalue weighted by Gasteiger charge is 2.43. The average Bonchev–Trinajstić information content (AvgIpc) is 3.47. The van der Waals surface area contributed by atoms with E-state index >= 15 is 0 Å². The molecule has 2 atom stereocenters. The highest BCUT2D eigenvalue weighted by molar-refractivity contribution is 7.80. The van der Waals surface area contributed by atoms with Crippen molar-refractivity contribution in [2.24, 2.45) is 0 Å². The number of rotatable bonds is 6. The van der Waals surface area contributed by atoms with Gasteiger partial charge in [-0.05, 0) is 73.4 Å². The van der Waals surface area contributed by atoms with Gasteiger partial charge in [0.15, 0.2) is 5.11 Å². The molecule has 1 N–H and O–H groups in total. The number of pyridine rings is 1. The summed E-state index contributed by atoms with van der Waals surface area (Å²) >= 11 is 5.99. The van der Waals surface area contributed by atoms with Crippen molar-refractivity contribution in [3.63, 3.8) is 0 Å². The summed E-state index contributed by atoms with van der Waals surface area (Å²) in [5, 5.41) is 6.60. The fraction of sp³-hybridized carbons (Fsp3) is 0.188. The Morgan fingerprint density at radius 2 is 1.64 bits per heavy atom. The molecule has 1 aliphatic heterocycles. The van der Waals surface area contributed by atoms with Crippen molar-refractivity contribution in [1.29, 1.82) is 0 Å². The highest BCUT2D eigenvalue weighted by atomic mass is 32.1. The van der Waals surface area contributed by atoms with Crippen LogP contribution in [0.5, 0.6) is 11.5 Å². The molecule has 6 rings (SSSR count). The number of aryl methyl sites for hydroxylation is 1. The molecule has 3 aromatic carbocycles. The molecule has 0 unspecified atom stereocenters. The van der Waals surface area contributed by atoms with Gasteiger partial charge in [0, 0.05) is 29.0 Å². The summed E-state index contributed by atoms with van der Waals surface area (Å²) in [5.74, 6) is 1.45. The predicted octanol–water partition coefficient (Wildman–Crippen LogP) is 6.84. The van der Waals surface area contributed by atoms with Crippen molar-refractivity contribution in [1.82, 2.24) is 14.9 Å². The van der Waals surface area contributed by atoms with E-state index < -0.39 is 0 Å². The van der Waals surface area contributed by atoms with Crippen molar-refractivity contribution in [2.75, 3.05) is 19.1 Å². The lowest BCUT2D eigenvalue weighted by Gasteiger charge is -2.29. The number of benzene rings is 3. The molecule has 2 aromatic heterocycles. The molecular weight excluding hydrogens is 504 g/mol. The van der Waals surface area contributed by atoms with Crippen molar-refractivity contribution >= 4 is 33.8 Å². The average molecular weight is 535 g/mol. The molecular formula is C32H30N4O2S. The van der Waals surface area contributed by atoms with Crippen LogP contribution in [0.1, 0.15) is 34.7 Å². The maximum atomic E-state index is 5.99. The van der Waals surface area contributed by atoms with Gasteiger partial charge in [-0.25, -0.2) is 0 Å². The van der Waals surface area contributed by atoms with Gasteiger partial charge in [0.05, 0.1) is 43.4 Å². The number of hydrogen-bond acceptors (Lipinski definition) is 4. The minimum Gasteiger partial charge on any atom is -0.497 e. The number of thiocarbonyl (C=S) groups is 1. The van der Waals surface area contributed by atoms with Gasteiger partial charge in [0.25, 0.3) is 0 Å². The smallest absolute Gasteiger partial charge is 0.174 e. The zero-order valence-electron chi connectivity index (χ0n) is 22.4. The number of fused-ring (bicyclic) bond motifs is 1. The SMILES string of the molecule is COc1ccc(OC)c(N2C(=S)N[C@H](c3ccccn3)[C@H]2c2cc(C)n(-c3cccc4ccccc34)c2C)c1. The second kappa shape index (κ2) is 10.1. The number of aromatic nitrogens is 2. The maximum absolute atomic E-state index is 5.99. The molecule has 1 saturated heterocycles. The molecule has 0 saturated carbocycles. The van der Waals surface area contributed by atoms with Crippen LogP contribution >= 0.6 is 12.2 Å². The molecule has 39 heavy (non-hydrogen) atoms. The molecule has 0 aliphatic carbocycles. The molecule has 196 valence electrons. The van der Waals surface area contributed by atoms with Crippen LogP contribution in [0.25, 0.3) is 16.5 Å². The maximum Gasteiger partial charge on any atom is 0.174 e. The molecule has 6 nitrogen and oxygen atoms in total. The molecule has 1 fully saturated rings. The van der Waals surface area contributed by atoms with Gasteiger partial charge in [0.2, 0.25) is 0 Å². The molecule has 0 spiro atoms. The van der Waals surface area contributed by atoms with Crippen LogP contribution in [0.4, 0.5) is 5.69 Å². The molecule has 7 heteroatoms. The Kier molecular flexibility index (Phi) is 6.45. The number of nitrogens with zero attached hydrogens (tertiary/aromatic N) is 3. The fourth-order valence-corrected chi connectivity index (χ4v) is 6.12. The van der Waals surface area contributed by atoms with E-state index in [-0.39, 0.29) is 12.1 Å².